The molecule has 0 aliphatic rings. The number of anilines is 2. The van der Waals surface area contributed by atoms with Crippen molar-refractivity contribution >= 4 is 28.6 Å². The first-order chi connectivity index (χ1) is 12.9. The van der Waals surface area contributed by atoms with Crippen molar-refractivity contribution in [3.63, 3.8) is 0 Å². The van der Waals surface area contributed by atoms with E-state index in [2.05, 4.69) is 51.9 Å². The number of carboxylic acids is 1. The molecule has 0 saturated heterocycles. The smallest absolute Gasteiger partial charge is 0.328 e. The summed E-state index contributed by atoms with van der Waals surface area (Å²) in [6.07, 6.45) is 8.17. The van der Waals surface area contributed by atoms with Crippen LogP contribution < -0.4 is 5.32 Å². The Morgan fingerprint density at radius 1 is 1.30 bits per heavy atom. The highest BCUT2D eigenvalue weighted by atomic mass is 16.4. The third-order valence-corrected chi connectivity index (χ3v) is 5.01. The van der Waals surface area contributed by atoms with Crippen molar-refractivity contribution in [2.45, 2.75) is 46.7 Å². The van der Waals surface area contributed by atoms with Crippen LogP contribution in [-0.4, -0.2) is 35.4 Å². The molecular formula is C19H26N6O2. The van der Waals surface area contributed by atoms with Gasteiger partial charge in [0, 0.05) is 30.5 Å². The summed E-state index contributed by atoms with van der Waals surface area (Å²) in [6.45, 7) is 9.21. The number of aromatic nitrogens is 5. The van der Waals surface area contributed by atoms with Gasteiger partial charge in [0.25, 0.3) is 0 Å². The first-order valence-corrected chi connectivity index (χ1v) is 9.25. The van der Waals surface area contributed by atoms with Gasteiger partial charge in [-0.1, -0.05) is 27.2 Å². The van der Waals surface area contributed by atoms with Crippen LogP contribution in [0.1, 0.15) is 40.2 Å². The molecule has 27 heavy (non-hydrogen) atoms. The normalized spacial score (nSPS) is 13.8. The lowest BCUT2D eigenvalue weighted by Gasteiger charge is -2.20. The molecule has 1 unspecified atom stereocenters. The van der Waals surface area contributed by atoms with Gasteiger partial charge in [0.2, 0.25) is 5.95 Å². The van der Waals surface area contributed by atoms with Crippen molar-refractivity contribution in [1.29, 1.82) is 0 Å². The molecule has 0 amide bonds. The average Bonchev–Trinajstić information content (AvgIpc) is 3.25. The number of aliphatic carboxylic acids is 1. The van der Waals surface area contributed by atoms with E-state index in [1.54, 1.807) is 25.5 Å². The highest BCUT2D eigenvalue weighted by Crippen LogP contribution is 2.22. The molecule has 144 valence electrons. The van der Waals surface area contributed by atoms with Crippen molar-refractivity contribution in [3.8, 4) is 0 Å². The van der Waals surface area contributed by atoms with Crippen molar-refractivity contribution in [2.75, 3.05) is 5.32 Å². The lowest BCUT2D eigenvalue weighted by atomic mass is 9.93. The van der Waals surface area contributed by atoms with Crippen LogP contribution in [0.15, 0.2) is 30.9 Å². The summed E-state index contributed by atoms with van der Waals surface area (Å²) in [6, 6.07) is 1.29. The molecule has 3 heterocycles. The third-order valence-electron chi connectivity index (χ3n) is 5.01. The summed E-state index contributed by atoms with van der Waals surface area (Å²) >= 11 is 0. The van der Waals surface area contributed by atoms with Gasteiger partial charge >= 0.3 is 5.97 Å². The summed E-state index contributed by atoms with van der Waals surface area (Å²) in [4.78, 5) is 20.1. The number of hydrogen-bond donors (Lipinski definition) is 2. The molecule has 0 fully saturated rings. The van der Waals surface area contributed by atoms with Crippen LogP contribution in [-0.2, 0) is 11.3 Å². The third kappa shape index (κ3) is 4.10. The lowest BCUT2D eigenvalue weighted by molar-refractivity contribution is -0.140. The van der Waals surface area contributed by atoms with Crippen molar-refractivity contribution in [3.05, 3.63) is 30.9 Å². The molecular weight excluding hydrogens is 344 g/mol. The summed E-state index contributed by atoms with van der Waals surface area (Å²) in [5.41, 5.74) is 1.53. The molecule has 8 heteroatoms. The fraction of sp³-hybridized carbons (Fsp3) is 0.474. The molecule has 0 aliphatic carbocycles. The first kappa shape index (κ1) is 18.9. The monoisotopic (exact) mass is 370 g/mol. The number of hydrogen-bond acceptors (Lipinski definition) is 5. The molecule has 3 aromatic heterocycles. The Labute approximate surface area is 158 Å². The van der Waals surface area contributed by atoms with Crippen LogP contribution in [0.2, 0.25) is 0 Å². The molecule has 2 N–H and O–H groups in total. The molecule has 3 aromatic rings. The van der Waals surface area contributed by atoms with E-state index in [1.807, 2.05) is 6.07 Å². The van der Waals surface area contributed by atoms with E-state index in [0.717, 1.165) is 24.0 Å². The van der Waals surface area contributed by atoms with E-state index in [4.69, 9.17) is 5.11 Å². The maximum atomic E-state index is 11.1. The molecule has 0 spiro atoms. The highest BCUT2D eigenvalue weighted by molar-refractivity contribution is 5.76. The van der Waals surface area contributed by atoms with E-state index >= 15 is 0 Å². The van der Waals surface area contributed by atoms with Crippen molar-refractivity contribution in [2.24, 2.45) is 11.8 Å². The zero-order valence-electron chi connectivity index (χ0n) is 16.1. The number of nitrogens with one attached hydrogen (secondary N) is 1. The van der Waals surface area contributed by atoms with Gasteiger partial charge in [-0.3, -0.25) is 4.68 Å². The van der Waals surface area contributed by atoms with Crippen molar-refractivity contribution < 1.29 is 9.90 Å². The van der Waals surface area contributed by atoms with E-state index < -0.39 is 12.0 Å². The van der Waals surface area contributed by atoms with Crippen LogP contribution in [0.25, 0.3) is 11.0 Å². The van der Waals surface area contributed by atoms with E-state index in [9.17, 15) is 4.79 Å². The minimum atomic E-state index is -0.934. The van der Waals surface area contributed by atoms with Crippen LogP contribution in [0.4, 0.5) is 11.6 Å². The van der Waals surface area contributed by atoms with Gasteiger partial charge in [0.05, 0.1) is 11.9 Å². The molecule has 2 atom stereocenters. The fourth-order valence-corrected chi connectivity index (χ4v) is 3.10. The fourth-order valence-electron chi connectivity index (χ4n) is 3.10. The second kappa shape index (κ2) is 7.77. The summed E-state index contributed by atoms with van der Waals surface area (Å²) < 4.78 is 3.56. The number of carbonyl (C=O) groups is 1. The molecule has 3 rings (SSSR count). The van der Waals surface area contributed by atoms with E-state index in [1.165, 1.54) is 4.68 Å². The SMILES string of the molecule is CC[C@@H](Cn1ccc2cnc(Nc3cnn(C(C)C(=O)O)c3)nc21)C(C)C. The minimum Gasteiger partial charge on any atom is -0.480 e. The Morgan fingerprint density at radius 2 is 2.07 bits per heavy atom. The molecule has 0 bridgehead atoms. The molecule has 0 radical (unpaired) electrons. The molecule has 8 nitrogen and oxygen atoms in total. The highest BCUT2D eigenvalue weighted by Gasteiger charge is 2.16. The second-order valence-corrected chi connectivity index (χ2v) is 7.20. The van der Waals surface area contributed by atoms with E-state index in [-0.39, 0.29) is 0 Å². The lowest BCUT2D eigenvalue weighted by Crippen LogP contribution is -2.15. The summed E-state index contributed by atoms with van der Waals surface area (Å²) in [7, 11) is 0. The zero-order chi connectivity index (χ0) is 19.6. The number of carboxylic acid groups (broad SMARTS) is 1. The Bertz CT molecular complexity index is 929. The van der Waals surface area contributed by atoms with Gasteiger partial charge in [-0.25, -0.2) is 9.78 Å². The predicted molar refractivity (Wildman–Crippen MR) is 104 cm³/mol. The molecule has 0 saturated carbocycles. The van der Waals surface area contributed by atoms with Gasteiger partial charge in [-0.2, -0.15) is 10.1 Å². The van der Waals surface area contributed by atoms with Gasteiger partial charge in [0.15, 0.2) is 0 Å². The Hall–Kier alpha value is -2.90. The van der Waals surface area contributed by atoms with Gasteiger partial charge < -0.3 is 15.0 Å². The first-order valence-electron chi connectivity index (χ1n) is 9.25. The topological polar surface area (TPSA) is 97.9 Å². The number of fused-ring (bicyclic) bond motifs is 1. The van der Waals surface area contributed by atoms with E-state index in [0.29, 0.717) is 23.5 Å². The average molecular weight is 370 g/mol. The maximum Gasteiger partial charge on any atom is 0.328 e. The standard InChI is InChI=1S/C19H26N6O2/c1-5-14(12(2)3)10-24-7-6-15-8-20-19(23-17(15)24)22-16-9-21-25(11-16)13(4)18(26)27/h6-9,11-14H,5,10H2,1-4H3,(H,26,27)(H,20,22,23)/t13?,14-/m0/s1. The Balaban J connectivity index is 1.82. The summed E-state index contributed by atoms with van der Waals surface area (Å²) in [5.74, 6) is 0.718. The second-order valence-electron chi connectivity index (χ2n) is 7.20. The van der Waals surface area contributed by atoms with Crippen LogP contribution >= 0.6 is 0 Å². The quantitative estimate of drug-likeness (QED) is 0.627. The predicted octanol–water partition coefficient (Wildman–Crippen LogP) is 3.70. The van der Waals surface area contributed by atoms with Gasteiger partial charge in [0.1, 0.15) is 11.7 Å². The Kier molecular flexibility index (Phi) is 5.43. The minimum absolute atomic E-state index is 0.461. The number of rotatable bonds is 8. The van der Waals surface area contributed by atoms with Gasteiger partial charge in [-0.05, 0) is 24.8 Å². The Morgan fingerprint density at radius 3 is 2.74 bits per heavy atom. The van der Waals surface area contributed by atoms with Gasteiger partial charge in [-0.15, -0.1) is 0 Å². The van der Waals surface area contributed by atoms with Crippen LogP contribution in [0, 0.1) is 11.8 Å². The zero-order valence-corrected chi connectivity index (χ0v) is 16.1. The van der Waals surface area contributed by atoms with Crippen LogP contribution in [0.3, 0.4) is 0 Å². The molecule has 0 aromatic carbocycles. The van der Waals surface area contributed by atoms with Crippen LogP contribution in [0.5, 0.6) is 0 Å². The maximum absolute atomic E-state index is 11.1. The van der Waals surface area contributed by atoms with Crippen molar-refractivity contribution in [1.82, 2.24) is 24.3 Å². The largest absolute Gasteiger partial charge is 0.480 e. The summed E-state index contributed by atoms with van der Waals surface area (Å²) in [5, 5.41) is 17.3. The number of nitrogens with zero attached hydrogens (tertiary/aromatic N) is 5. The molecule has 0 aliphatic heterocycles.